The lowest BCUT2D eigenvalue weighted by molar-refractivity contribution is 0.201. The van der Waals surface area contributed by atoms with Gasteiger partial charge in [0.2, 0.25) is 5.88 Å². The lowest BCUT2D eigenvalue weighted by atomic mass is 10.1. The number of hydrogen-bond donors (Lipinski definition) is 2. The highest BCUT2D eigenvalue weighted by Crippen LogP contribution is 2.27. The molecule has 5 heteroatoms. The first kappa shape index (κ1) is 11.9. The number of pyridine rings is 1. The number of nitrogens with two attached hydrogens (primary N) is 1. The van der Waals surface area contributed by atoms with Gasteiger partial charge in [-0.05, 0) is 5.56 Å². The molecule has 5 nitrogen and oxygen atoms in total. The van der Waals surface area contributed by atoms with Gasteiger partial charge >= 0.3 is 6.09 Å². The van der Waals surface area contributed by atoms with Gasteiger partial charge in [0.1, 0.15) is 0 Å². The van der Waals surface area contributed by atoms with E-state index in [0.717, 1.165) is 11.1 Å². The highest BCUT2D eigenvalue weighted by molar-refractivity contribution is 5.77. The fourth-order valence-electron chi connectivity index (χ4n) is 1.52. The van der Waals surface area contributed by atoms with Crippen molar-refractivity contribution in [2.24, 2.45) is 0 Å². The first-order valence-electron chi connectivity index (χ1n) is 5.41. The van der Waals surface area contributed by atoms with Gasteiger partial charge in [0.15, 0.2) is 0 Å². The number of aromatic nitrogens is 1. The highest BCUT2D eigenvalue weighted by Gasteiger charge is 2.08. The molecule has 1 heterocycles. The van der Waals surface area contributed by atoms with E-state index in [2.05, 4.69) is 10.3 Å². The number of hydrogen-bond acceptors (Lipinski definition) is 4. The normalized spacial score (nSPS) is 9.83. The molecular formula is C13H13N3O2. The van der Waals surface area contributed by atoms with Crippen molar-refractivity contribution in [3.8, 4) is 17.0 Å². The quantitative estimate of drug-likeness (QED) is 0.846. The number of amides is 1. The Bertz CT molecular complexity index is 555. The molecule has 0 bridgehead atoms. The van der Waals surface area contributed by atoms with E-state index >= 15 is 0 Å². The van der Waals surface area contributed by atoms with E-state index < -0.39 is 6.09 Å². The summed E-state index contributed by atoms with van der Waals surface area (Å²) in [6.07, 6.45) is 0.909. The summed E-state index contributed by atoms with van der Waals surface area (Å²) >= 11 is 0. The van der Waals surface area contributed by atoms with Gasteiger partial charge in [-0.25, -0.2) is 9.78 Å². The summed E-state index contributed by atoms with van der Waals surface area (Å²) in [5.74, 6) is 0.211. The zero-order valence-electron chi connectivity index (χ0n) is 9.88. The second-order valence-electron chi connectivity index (χ2n) is 3.62. The lowest BCUT2D eigenvalue weighted by Crippen LogP contribution is -2.22. The van der Waals surface area contributed by atoms with E-state index in [-0.39, 0.29) is 5.88 Å². The van der Waals surface area contributed by atoms with E-state index in [1.807, 2.05) is 30.3 Å². The molecule has 1 aromatic heterocycles. The summed E-state index contributed by atoms with van der Waals surface area (Å²) in [6, 6.07) is 11.2. The predicted molar refractivity (Wildman–Crippen MR) is 69.2 cm³/mol. The maximum absolute atomic E-state index is 11.1. The SMILES string of the molecule is CNC(=O)Oc1cc(-c2ccccc2)c(N)cn1. The molecule has 2 rings (SSSR count). The van der Waals surface area contributed by atoms with Gasteiger partial charge in [-0.3, -0.25) is 0 Å². The van der Waals surface area contributed by atoms with Crippen LogP contribution in [0.5, 0.6) is 5.88 Å². The van der Waals surface area contributed by atoms with Crippen molar-refractivity contribution in [1.82, 2.24) is 10.3 Å². The number of rotatable bonds is 2. The molecule has 0 aliphatic heterocycles. The largest absolute Gasteiger partial charge is 0.413 e. The Morgan fingerprint density at radius 2 is 2.06 bits per heavy atom. The molecule has 0 saturated heterocycles. The Morgan fingerprint density at radius 3 is 2.72 bits per heavy atom. The highest BCUT2D eigenvalue weighted by atomic mass is 16.6. The molecule has 1 amide bonds. The van der Waals surface area contributed by atoms with Crippen molar-refractivity contribution >= 4 is 11.8 Å². The summed E-state index contributed by atoms with van der Waals surface area (Å²) in [5, 5.41) is 2.35. The van der Waals surface area contributed by atoms with Crippen molar-refractivity contribution in [3.05, 3.63) is 42.6 Å². The van der Waals surface area contributed by atoms with Crippen LogP contribution in [0.2, 0.25) is 0 Å². The topological polar surface area (TPSA) is 77.2 Å². The van der Waals surface area contributed by atoms with Crippen molar-refractivity contribution in [1.29, 1.82) is 0 Å². The average Bonchev–Trinajstić information content (AvgIpc) is 2.42. The fourth-order valence-corrected chi connectivity index (χ4v) is 1.52. The van der Waals surface area contributed by atoms with Crippen LogP contribution < -0.4 is 15.8 Å². The number of nitrogens with zero attached hydrogens (tertiary/aromatic N) is 1. The van der Waals surface area contributed by atoms with Crippen molar-refractivity contribution < 1.29 is 9.53 Å². The standard InChI is InChI=1S/C13H13N3O2/c1-15-13(17)18-12-7-10(11(14)8-16-12)9-5-3-2-4-6-9/h2-8H,14H2,1H3,(H,15,17). The van der Waals surface area contributed by atoms with Gasteiger partial charge in [-0.15, -0.1) is 0 Å². The first-order valence-corrected chi connectivity index (χ1v) is 5.41. The number of anilines is 1. The Labute approximate surface area is 105 Å². The number of nitrogen functional groups attached to an aromatic ring is 1. The van der Waals surface area contributed by atoms with Gasteiger partial charge in [0.25, 0.3) is 0 Å². The summed E-state index contributed by atoms with van der Waals surface area (Å²) in [7, 11) is 1.48. The average molecular weight is 243 g/mol. The van der Waals surface area contributed by atoms with Crippen LogP contribution in [-0.4, -0.2) is 18.1 Å². The van der Waals surface area contributed by atoms with Crippen LogP contribution in [0, 0.1) is 0 Å². The molecular weight excluding hydrogens is 230 g/mol. The van der Waals surface area contributed by atoms with Crippen molar-refractivity contribution in [2.75, 3.05) is 12.8 Å². The molecule has 0 aliphatic carbocycles. The number of benzene rings is 1. The molecule has 0 fully saturated rings. The lowest BCUT2D eigenvalue weighted by Gasteiger charge is -2.08. The van der Waals surface area contributed by atoms with Gasteiger partial charge < -0.3 is 15.8 Å². The maximum atomic E-state index is 11.1. The van der Waals surface area contributed by atoms with Crippen molar-refractivity contribution in [3.63, 3.8) is 0 Å². The Morgan fingerprint density at radius 1 is 1.33 bits per heavy atom. The molecule has 0 radical (unpaired) electrons. The van der Waals surface area contributed by atoms with Crippen LogP contribution in [0.3, 0.4) is 0 Å². The summed E-state index contributed by atoms with van der Waals surface area (Å²) in [6.45, 7) is 0. The third-order valence-corrected chi connectivity index (χ3v) is 2.40. The predicted octanol–water partition coefficient (Wildman–Crippen LogP) is 2.05. The molecule has 0 atom stereocenters. The second-order valence-corrected chi connectivity index (χ2v) is 3.62. The summed E-state index contributed by atoms with van der Waals surface area (Å²) < 4.78 is 4.96. The Hall–Kier alpha value is -2.56. The first-order chi connectivity index (χ1) is 8.70. The molecule has 0 saturated carbocycles. The third kappa shape index (κ3) is 2.57. The zero-order valence-corrected chi connectivity index (χ0v) is 9.88. The van der Waals surface area contributed by atoms with Gasteiger partial charge in [0.05, 0.1) is 11.9 Å². The fraction of sp³-hybridized carbons (Fsp3) is 0.0769. The minimum atomic E-state index is -0.564. The van der Waals surface area contributed by atoms with E-state index in [9.17, 15) is 4.79 Å². The number of carbonyl (C=O) groups excluding carboxylic acids is 1. The van der Waals surface area contributed by atoms with Crippen LogP contribution in [0.4, 0.5) is 10.5 Å². The molecule has 0 aliphatic rings. The van der Waals surface area contributed by atoms with E-state index in [4.69, 9.17) is 10.5 Å². The van der Waals surface area contributed by atoms with Crippen LogP contribution in [-0.2, 0) is 0 Å². The monoisotopic (exact) mass is 243 g/mol. The molecule has 3 N–H and O–H groups in total. The summed E-state index contributed by atoms with van der Waals surface area (Å²) in [4.78, 5) is 15.1. The molecule has 18 heavy (non-hydrogen) atoms. The second kappa shape index (κ2) is 5.18. The number of ether oxygens (including phenoxy) is 1. The number of carbonyl (C=O) groups is 1. The number of nitrogens with one attached hydrogen (secondary N) is 1. The van der Waals surface area contributed by atoms with E-state index in [1.54, 1.807) is 6.07 Å². The van der Waals surface area contributed by atoms with Crippen LogP contribution in [0.15, 0.2) is 42.6 Å². The smallest absolute Gasteiger partial charge is 0.397 e. The molecule has 92 valence electrons. The van der Waals surface area contributed by atoms with Gasteiger partial charge in [-0.2, -0.15) is 0 Å². The van der Waals surface area contributed by atoms with Crippen LogP contribution >= 0.6 is 0 Å². The molecule has 2 aromatic rings. The van der Waals surface area contributed by atoms with E-state index in [0.29, 0.717) is 5.69 Å². The summed E-state index contributed by atoms with van der Waals surface area (Å²) in [5.41, 5.74) is 8.12. The molecule has 1 aromatic carbocycles. The maximum Gasteiger partial charge on any atom is 0.413 e. The van der Waals surface area contributed by atoms with Gasteiger partial charge in [-0.1, -0.05) is 30.3 Å². The Balaban J connectivity index is 2.36. The third-order valence-electron chi connectivity index (χ3n) is 2.40. The molecule has 0 spiro atoms. The minimum Gasteiger partial charge on any atom is -0.397 e. The van der Waals surface area contributed by atoms with Gasteiger partial charge in [0, 0.05) is 18.7 Å². The Kier molecular flexibility index (Phi) is 3.43. The zero-order chi connectivity index (χ0) is 13.0. The van der Waals surface area contributed by atoms with E-state index in [1.165, 1.54) is 13.2 Å². The minimum absolute atomic E-state index is 0.211. The molecule has 0 unspecified atom stereocenters. The van der Waals surface area contributed by atoms with Crippen LogP contribution in [0.1, 0.15) is 0 Å². The van der Waals surface area contributed by atoms with Crippen molar-refractivity contribution in [2.45, 2.75) is 0 Å². The van der Waals surface area contributed by atoms with Crippen LogP contribution in [0.25, 0.3) is 11.1 Å².